The van der Waals surface area contributed by atoms with Crippen LogP contribution in [0.25, 0.3) is 0 Å². The summed E-state index contributed by atoms with van der Waals surface area (Å²) in [7, 11) is -8.04. The SMILES string of the molecule is Cc1ccc(S(=O)(=O)O)cc1.Cc1ccc(S(=O)(=O)O)cc1.NCCCN1CCc2ccccc21. The highest BCUT2D eigenvalue weighted by Crippen LogP contribution is 2.27. The minimum absolute atomic E-state index is 0.0666. The van der Waals surface area contributed by atoms with Crippen LogP contribution in [0.1, 0.15) is 23.1 Å². The zero-order valence-corrected chi connectivity index (χ0v) is 21.5. The zero-order valence-electron chi connectivity index (χ0n) is 19.8. The molecule has 0 unspecified atom stereocenters. The molecule has 10 heteroatoms. The smallest absolute Gasteiger partial charge is 0.294 e. The Bertz CT molecular complexity index is 1220. The van der Waals surface area contributed by atoms with Crippen molar-refractivity contribution < 1.29 is 25.9 Å². The van der Waals surface area contributed by atoms with Crippen LogP contribution in [-0.4, -0.2) is 45.6 Å². The van der Waals surface area contributed by atoms with Crippen LogP contribution in [0.3, 0.4) is 0 Å². The molecule has 4 rings (SSSR count). The molecular formula is C25H32N2O6S2. The van der Waals surface area contributed by atoms with Gasteiger partial charge in [-0.2, -0.15) is 16.8 Å². The lowest BCUT2D eigenvalue weighted by molar-refractivity contribution is 0.481. The third kappa shape index (κ3) is 9.42. The van der Waals surface area contributed by atoms with E-state index in [2.05, 4.69) is 29.2 Å². The van der Waals surface area contributed by atoms with Crippen LogP contribution in [0.2, 0.25) is 0 Å². The molecular weight excluding hydrogens is 488 g/mol. The fraction of sp³-hybridized carbons (Fsp3) is 0.280. The van der Waals surface area contributed by atoms with E-state index in [0.29, 0.717) is 0 Å². The highest BCUT2D eigenvalue weighted by molar-refractivity contribution is 7.86. The Morgan fingerprint density at radius 2 is 1.23 bits per heavy atom. The number of benzene rings is 3. The van der Waals surface area contributed by atoms with Crippen LogP contribution >= 0.6 is 0 Å². The number of hydrogen-bond acceptors (Lipinski definition) is 6. The summed E-state index contributed by atoms with van der Waals surface area (Å²) in [6.07, 6.45) is 2.29. The molecule has 0 bridgehead atoms. The Kier molecular flexibility index (Phi) is 10.4. The Balaban J connectivity index is 0.000000186. The number of anilines is 1. The number of nitrogens with zero attached hydrogens (tertiary/aromatic N) is 1. The molecule has 1 aliphatic heterocycles. The van der Waals surface area contributed by atoms with E-state index in [1.54, 1.807) is 24.3 Å². The molecule has 8 nitrogen and oxygen atoms in total. The first kappa shape index (κ1) is 28.5. The predicted molar refractivity (Wildman–Crippen MR) is 138 cm³/mol. The van der Waals surface area contributed by atoms with Crippen molar-refractivity contribution in [3.8, 4) is 0 Å². The van der Waals surface area contributed by atoms with E-state index in [-0.39, 0.29) is 9.79 Å². The molecule has 0 spiro atoms. The minimum Gasteiger partial charge on any atom is -0.371 e. The number of rotatable bonds is 5. The summed E-state index contributed by atoms with van der Waals surface area (Å²) in [6.45, 7) is 6.74. The number of fused-ring (bicyclic) bond motifs is 1. The van der Waals surface area contributed by atoms with E-state index in [1.165, 1.54) is 48.5 Å². The molecule has 0 amide bonds. The Hall–Kier alpha value is -2.76. The first-order valence-corrected chi connectivity index (χ1v) is 13.9. The van der Waals surface area contributed by atoms with Gasteiger partial charge < -0.3 is 10.6 Å². The van der Waals surface area contributed by atoms with Crippen molar-refractivity contribution in [2.24, 2.45) is 5.73 Å². The summed E-state index contributed by atoms with van der Waals surface area (Å²) in [6, 6.07) is 20.6. The predicted octanol–water partition coefficient (Wildman–Crippen LogP) is 3.88. The van der Waals surface area contributed by atoms with E-state index >= 15 is 0 Å². The lowest BCUT2D eigenvalue weighted by Gasteiger charge is -2.18. The minimum atomic E-state index is -4.02. The molecule has 35 heavy (non-hydrogen) atoms. The van der Waals surface area contributed by atoms with Gasteiger partial charge in [0, 0.05) is 18.8 Å². The standard InChI is InChI=1S/C11H16N2.2C7H8O3S/c12-7-3-8-13-9-6-10-4-1-2-5-11(10)13;2*1-6-2-4-7(5-3-6)11(8,9)10/h1-2,4-5H,3,6-9,12H2;2*2-5H,1H3,(H,8,9,10). The first-order chi connectivity index (χ1) is 16.4. The molecule has 1 heterocycles. The summed E-state index contributed by atoms with van der Waals surface area (Å²) < 4.78 is 59.1. The maximum atomic E-state index is 10.5. The van der Waals surface area contributed by atoms with E-state index < -0.39 is 20.2 Å². The molecule has 0 atom stereocenters. The van der Waals surface area contributed by atoms with Gasteiger partial charge in [-0.3, -0.25) is 9.11 Å². The quantitative estimate of drug-likeness (QED) is 0.431. The molecule has 0 fully saturated rings. The van der Waals surface area contributed by atoms with Gasteiger partial charge in [-0.05, 0) is 69.1 Å². The number of hydrogen-bond donors (Lipinski definition) is 3. The molecule has 0 radical (unpaired) electrons. The van der Waals surface area contributed by atoms with Gasteiger partial charge in [-0.15, -0.1) is 0 Å². The van der Waals surface area contributed by atoms with Crippen molar-refractivity contribution in [2.45, 2.75) is 36.5 Å². The fourth-order valence-corrected chi connectivity index (χ4v) is 4.30. The van der Waals surface area contributed by atoms with Crippen LogP contribution in [0.4, 0.5) is 5.69 Å². The number of para-hydroxylation sites is 1. The second-order valence-electron chi connectivity index (χ2n) is 8.08. The van der Waals surface area contributed by atoms with E-state index in [1.807, 2.05) is 13.8 Å². The van der Waals surface area contributed by atoms with Gasteiger partial charge in [0.1, 0.15) is 0 Å². The molecule has 3 aromatic carbocycles. The van der Waals surface area contributed by atoms with Crippen molar-refractivity contribution >= 4 is 25.9 Å². The van der Waals surface area contributed by atoms with Crippen molar-refractivity contribution in [1.29, 1.82) is 0 Å². The second-order valence-corrected chi connectivity index (χ2v) is 10.9. The maximum Gasteiger partial charge on any atom is 0.294 e. The Morgan fingerprint density at radius 3 is 1.66 bits per heavy atom. The van der Waals surface area contributed by atoms with Crippen LogP contribution in [0.5, 0.6) is 0 Å². The normalized spacial score (nSPS) is 12.7. The molecule has 0 saturated carbocycles. The van der Waals surface area contributed by atoms with Crippen molar-refractivity contribution in [3.63, 3.8) is 0 Å². The average molecular weight is 521 g/mol. The molecule has 190 valence electrons. The highest BCUT2D eigenvalue weighted by atomic mass is 32.2. The van der Waals surface area contributed by atoms with Gasteiger partial charge in [-0.1, -0.05) is 53.6 Å². The van der Waals surface area contributed by atoms with Crippen molar-refractivity contribution in [3.05, 3.63) is 89.5 Å². The molecule has 1 aliphatic rings. The largest absolute Gasteiger partial charge is 0.371 e. The van der Waals surface area contributed by atoms with Gasteiger partial charge in [0.05, 0.1) is 9.79 Å². The van der Waals surface area contributed by atoms with Crippen LogP contribution < -0.4 is 10.6 Å². The average Bonchev–Trinajstić information content (AvgIpc) is 3.21. The molecule has 0 aromatic heterocycles. The topological polar surface area (TPSA) is 138 Å². The third-order valence-electron chi connectivity index (χ3n) is 5.25. The Morgan fingerprint density at radius 1 is 0.771 bits per heavy atom. The van der Waals surface area contributed by atoms with E-state index in [4.69, 9.17) is 14.8 Å². The van der Waals surface area contributed by atoms with Gasteiger partial charge in [0.25, 0.3) is 20.2 Å². The highest BCUT2D eigenvalue weighted by Gasteiger charge is 2.16. The van der Waals surface area contributed by atoms with Gasteiger partial charge in [0.15, 0.2) is 0 Å². The zero-order chi connectivity index (χ0) is 26.1. The molecule has 0 saturated heterocycles. The third-order valence-corrected chi connectivity index (χ3v) is 6.99. The van der Waals surface area contributed by atoms with Crippen LogP contribution in [0, 0.1) is 13.8 Å². The number of nitrogens with two attached hydrogens (primary N) is 1. The van der Waals surface area contributed by atoms with E-state index in [0.717, 1.165) is 30.6 Å². The summed E-state index contributed by atoms with van der Waals surface area (Å²) in [5.41, 5.74) is 10.3. The monoisotopic (exact) mass is 520 g/mol. The maximum absolute atomic E-state index is 10.5. The number of aryl methyl sites for hydroxylation is 2. The first-order valence-electron chi connectivity index (χ1n) is 11.0. The Labute approximate surface area is 207 Å². The van der Waals surface area contributed by atoms with Gasteiger partial charge in [-0.25, -0.2) is 0 Å². The van der Waals surface area contributed by atoms with Crippen molar-refractivity contribution in [1.82, 2.24) is 0 Å². The van der Waals surface area contributed by atoms with Crippen LogP contribution in [-0.2, 0) is 26.7 Å². The van der Waals surface area contributed by atoms with Crippen molar-refractivity contribution in [2.75, 3.05) is 24.5 Å². The van der Waals surface area contributed by atoms with Gasteiger partial charge in [0.2, 0.25) is 0 Å². The summed E-state index contributed by atoms with van der Waals surface area (Å²) in [5, 5.41) is 0. The van der Waals surface area contributed by atoms with Gasteiger partial charge >= 0.3 is 0 Å². The lowest BCUT2D eigenvalue weighted by atomic mass is 10.2. The lowest BCUT2D eigenvalue weighted by Crippen LogP contribution is -2.23. The second kappa shape index (κ2) is 12.8. The fourth-order valence-electron chi connectivity index (χ4n) is 3.34. The summed E-state index contributed by atoms with van der Waals surface area (Å²) in [5.74, 6) is 0. The van der Waals surface area contributed by atoms with E-state index in [9.17, 15) is 16.8 Å². The molecule has 4 N–H and O–H groups in total. The van der Waals surface area contributed by atoms with Crippen LogP contribution in [0.15, 0.2) is 82.6 Å². The summed E-state index contributed by atoms with van der Waals surface area (Å²) in [4.78, 5) is 2.30. The molecule has 3 aromatic rings. The summed E-state index contributed by atoms with van der Waals surface area (Å²) >= 11 is 0. The molecule has 0 aliphatic carbocycles.